The largest absolute Gasteiger partial charge is 0.460 e. The minimum Gasteiger partial charge on any atom is -0.427 e. The van der Waals surface area contributed by atoms with E-state index in [1.807, 2.05) is 5.32 Å². The van der Waals surface area contributed by atoms with Crippen LogP contribution in [0.25, 0.3) is 11.1 Å². The van der Waals surface area contributed by atoms with Gasteiger partial charge in [0, 0.05) is 6.92 Å². The van der Waals surface area contributed by atoms with Crippen LogP contribution in [-0.2, 0) is 4.79 Å². The van der Waals surface area contributed by atoms with Crippen molar-refractivity contribution in [2.24, 2.45) is 0 Å². The van der Waals surface area contributed by atoms with Crippen LogP contribution >= 0.6 is 0 Å². The summed E-state index contributed by atoms with van der Waals surface area (Å²) < 4.78 is 232. The monoisotopic (exact) mass is 657 g/mol. The molecule has 0 fully saturated rings. The second kappa shape index (κ2) is 11.1. The lowest BCUT2D eigenvalue weighted by Crippen LogP contribution is -2.72. The van der Waals surface area contributed by atoms with Gasteiger partial charge in [-0.1, -0.05) is 36.4 Å². The van der Waals surface area contributed by atoms with E-state index >= 15 is 0 Å². The highest BCUT2D eigenvalue weighted by molar-refractivity contribution is 5.91. The molecule has 2 rings (SSSR count). The van der Waals surface area contributed by atoms with Gasteiger partial charge in [0.2, 0.25) is 11.7 Å². The molecule has 0 aliphatic carbocycles. The molecule has 0 radical (unpaired) electrons. The van der Waals surface area contributed by atoms with Crippen LogP contribution in [0, 0.1) is 0 Å². The van der Waals surface area contributed by atoms with Crippen LogP contribution in [0.5, 0.6) is 5.75 Å². The number of rotatable bonds is 10. The number of alkyl halides is 15. The van der Waals surface area contributed by atoms with Gasteiger partial charge < -0.3 is 10.1 Å². The first-order valence-electron chi connectivity index (χ1n) is 10.7. The van der Waals surface area contributed by atoms with E-state index in [0.29, 0.717) is 11.6 Å². The number of carbonyl (C=O) groups is 1. The smallest absolute Gasteiger partial charge is 0.427 e. The quantitative estimate of drug-likeness (QED) is 0.205. The maximum atomic E-state index is 14.2. The molecule has 0 spiro atoms. The van der Waals surface area contributed by atoms with Crippen LogP contribution in [0.1, 0.15) is 6.92 Å². The van der Waals surface area contributed by atoms with Crippen molar-refractivity contribution in [1.29, 1.82) is 0 Å². The van der Waals surface area contributed by atoms with E-state index in [-0.39, 0.29) is 5.56 Å². The van der Waals surface area contributed by atoms with E-state index in [1.54, 1.807) is 6.07 Å². The second-order valence-electron chi connectivity index (χ2n) is 8.39. The van der Waals surface area contributed by atoms with E-state index in [9.17, 15) is 79.4 Å². The van der Waals surface area contributed by atoms with Gasteiger partial charge in [-0.05, 0) is 23.3 Å². The zero-order chi connectivity index (χ0) is 33.6. The summed E-state index contributed by atoms with van der Waals surface area (Å²) in [6, 6.07) is 6.27. The molecule has 0 heterocycles. The molecule has 0 aromatic heterocycles. The number of allylic oxidation sites excluding steroid dienone is 1. The minimum atomic E-state index is -8.69. The average molecular weight is 657 g/mol. The lowest BCUT2D eigenvalue weighted by molar-refractivity contribution is -0.451. The van der Waals surface area contributed by atoms with Gasteiger partial charge in [0.1, 0.15) is 0 Å². The first-order chi connectivity index (χ1) is 19.2. The van der Waals surface area contributed by atoms with Crippen LogP contribution in [0.2, 0.25) is 0 Å². The Morgan fingerprint density at radius 1 is 0.628 bits per heavy atom. The Hall–Kier alpha value is -3.74. The molecule has 0 saturated carbocycles. The number of hydrogen-bond donors (Lipinski definition) is 1. The number of hydrogen-bond acceptors (Lipinski definition) is 2. The standard InChI is InChI=1S/C23H12F17NO2/c1-10(42)41-13-9-12(11-5-3-2-4-6-11)7-8-14(13)43-16(25)15(24)17(26,27)18(28,29)19(30,31)20(32,33)21(34,35)22(36,37)23(38,39)40/h2-9H,1H3,(H,41,42). The van der Waals surface area contributed by atoms with Crippen molar-refractivity contribution in [3.05, 3.63) is 60.4 Å². The Balaban J connectivity index is 2.59. The third-order valence-electron chi connectivity index (χ3n) is 5.37. The summed E-state index contributed by atoms with van der Waals surface area (Å²) in [4.78, 5) is 11.4. The molecule has 0 saturated heterocycles. The zero-order valence-electron chi connectivity index (χ0n) is 20.4. The fourth-order valence-electron chi connectivity index (χ4n) is 3.09. The van der Waals surface area contributed by atoms with Crippen molar-refractivity contribution in [3.8, 4) is 16.9 Å². The van der Waals surface area contributed by atoms with Gasteiger partial charge in [-0.25, -0.2) is 0 Å². The third-order valence-corrected chi connectivity index (χ3v) is 5.37. The average Bonchev–Trinajstić information content (AvgIpc) is 2.88. The third kappa shape index (κ3) is 5.78. The first kappa shape index (κ1) is 35.5. The molecular weight excluding hydrogens is 645 g/mol. The minimum absolute atomic E-state index is 0.150. The fourth-order valence-corrected chi connectivity index (χ4v) is 3.09. The number of ether oxygens (including phenoxy) is 1. The van der Waals surface area contributed by atoms with E-state index in [2.05, 4.69) is 4.74 Å². The van der Waals surface area contributed by atoms with Crippen molar-refractivity contribution >= 4 is 11.6 Å². The highest BCUT2D eigenvalue weighted by atomic mass is 19.4. The van der Waals surface area contributed by atoms with E-state index in [4.69, 9.17) is 0 Å². The second-order valence-corrected chi connectivity index (χ2v) is 8.39. The van der Waals surface area contributed by atoms with Crippen LogP contribution in [0.15, 0.2) is 60.4 Å². The Kier molecular flexibility index (Phi) is 9.13. The molecular formula is C23H12F17NO2. The summed E-state index contributed by atoms with van der Waals surface area (Å²) in [7, 11) is 0. The fraction of sp³-hybridized carbons (Fsp3) is 0.348. The Labute approximate surface area is 227 Å². The van der Waals surface area contributed by atoms with Gasteiger partial charge in [-0.3, -0.25) is 4.79 Å². The lowest BCUT2D eigenvalue weighted by atomic mass is 9.91. The molecule has 1 amide bonds. The molecule has 2 aromatic rings. The SMILES string of the molecule is CC(=O)Nc1cc(-c2ccccc2)ccc1OC(F)=C(F)C(F)(F)C(F)(F)C(F)(F)C(F)(F)C(F)(F)C(F)(F)C(F)(F)F. The number of anilines is 1. The number of benzene rings is 2. The molecule has 1 N–H and O–H groups in total. The van der Waals surface area contributed by atoms with E-state index in [0.717, 1.165) is 19.1 Å². The molecule has 0 bridgehead atoms. The van der Waals surface area contributed by atoms with Gasteiger partial charge in [-0.2, -0.15) is 74.6 Å². The molecule has 43 heavy (non-hydrogen) atoms. The van der Waals surface area contributed by atoms with Crippen LogP contribution in [0.4, 0.5) is 80.3 Å². The van der Waals surface area contributed by atoms with Crippen molar-refractivity contribution in [2.45, 2.75) is 48.6 Å². The molecule has 2 aromatic carbocycles. The van der Waals surface area contributed by atoms with Gasteiger partial charge in [-0.15, -0.1) is 0 Å². The molecule has 3 nitrogen and oxygen atoms in total. The molecule has 0 aliphatic rings. The number of amides is 1. The van der Waals surface area contributed by atoms with E-state index < -0.39 is 70.9 Å². The molecule has 0 unspecified atom stereocenters. The lowest BCUT2D eigenvalue weighted by Gasteiger charge is -2.41. The molecule has 240 valence electrons. The maximum Gasteiger partial charge on any atom is 0.460 e. The number of carbonyl (C=O) groups excluding carboxylic acids is 1. The first-order valence-corrected chi connectivity index (χ1v) is 10.7. The molecule has 0 atom stereocenters. The van der Waals surface area contributed by atoms with Gasteiger partial charge in [0.25, 0.3) is 0 Å². The normalized spacial score (nSPS) is 14.7. The predicted molar refractivity (Wildman–Crippen MR) is 112 cm³/mol. The van der Waals surface area contributed by atoms with Crippen LogP contribution in [0.3, 0.4) is 0 Å². The van der Waals surface area contributed by atoms with Gasteiger partial charge in [0.15, 0.2) is 5.75 Å². The summed E-state index contributed by atoms with van der Waals surface area (Å²) >= 11 is 0. The van der Waals surface area contributed by atoms with Crippen LogP contribution in [-0.4, -0.2) is 47.6 Å². The predicted octanol–water partition coefficient (Wildman–Crippen LogP) is 9.17. The zero-order valence-corrected chi connectivity index (χ0v) is 20.4. The number of nitrogens with one attached hydrogen (secondary N) is 1. The van der Waals surface area contributed by atoms with Crippen molar-refractivity contribution in [3.63, 3.8) is 0 Å². The van der Waals surface area contributed by atoms with Gasteiger partial charge >= 0.3 is 47.7 Å². The number of halogens is 17. The Morgan fingerprint density at radius 3 is 1.56 bits per heavy atom. The molecule has 20 heteroatoms. The van der Waals surface area contributed by atoms with Crippen molar-refractivity contribution in [1.82, 2.24) is 0 Å². The van der Waals surface area contributed by atoms with E-state index in [1.165, 1.54) is 24.3 Å². The highest BCUT2D eigenvalue weighted by Gasteiger charge is 2.93. The van der Waals surface area contributed by atoms with Crippen molar-refractivity contribution in [2.75, 3.05) is 5.32 Å². The Morgan fingerprint density at radius 2 is 1.09 bits per heavy atom. The molecule has 0 aliphatic heterocycles. The Bertz CT molecular complexity index is 1370. The summed E-state index contributed by atoms with van der Waals surface area (Å²) in [5.74, 6) is -56.8. The van der Waals surface area contributed by atoms with Crippen LogP contribution < -0.4 is 10.1 Å². The van der Waals surface area contributed by atoms with Crippen molar-refractivity contribution < 1.29 is 84.2 Å². The summed E-state index contributed by atoms with van der Waals surface area (Å²) in [5.41, 5.74) is -0.209. The van der Waals surface area contributed by atoms with Gasteiger partial charge in [0.05, 0.1) is 5.69 Å². The highest BCUT2D eigenvalue weighted by Crippen LogP contribution is 2.63. The topological polar surface area (TPSA) is 38.3 Å². The summed E-state index contributed by atoms with van der Waals surface area (Å²) in [6.45, 7) is 0.806. The summed E-state index contributed by atoms with van der Waals surface area (Å²) in [6.07, 6.45) is -7.82. The maximum absolute atomic E-state index is 14.2. The summed E-state index contributed by atoms with van der Waals surface area (Å²) in [5, 5.41) is 1.91.